The molecule has 0 saturated carbocycles. The molecule has 100 valence electrons. The first-order valence-corrected chi connectivity index (χ1v) is 6.95. The van der Waals surface area contributed by atoms with Crippen LogP contribution in [0.25, 0.3) is 11.3 Å². The predicted molar refractivity (Wildman–Crippen MR) is 78.8 cm³/mol. The van der Waals surface area contributed by atoms with Gasteiger partial charge in [-0.3, -0.25) is 0 Å². The highest BCUT2D eigenvalue weighted by Crippen LogP contribution is 2.28. The Labute approximate surface area is 125 Å². The van der Waals surface area contributed by atoms with Gasteiger partial charge in [-0.05, 0) is 40.2 Å². The summed E-state index contributed by atoms with van der Waals surface area (Å²) in [5, 5.41) is 0.0875. The van der Waals surface area contributed by atoms with Gasteiger partial charge < -0.3 is 0 Å². The second-order valence-electron chi connectivity index (χ2n) is 5.28. The third kappa shape index (κ3) is 3.31. The van der Waals surface area contributed by atoms with E-state index in [1.165, 1.54) is 6.07 Å². The van der Waals surface area contributed by atoms with Crippen molar-refractivity contribution >= 4 is 27.5 Å². The molecule has 0 N–H and O–H groups in total. The van der Waals surface area contributed by atoms with Crippen molar-refractivity contribution in [3.63, 3.8) is 0 Å². The largest absolute Gasteiger partial charge is 0.232 e. The molecule has 0 aliphatic carbocycles. The van der Waals surface area contributed by atoms with Gasteiger partial charge in [-0.1, -0.05) is 32.4 Å². The molecule has 0 aliphatic heterocycles. The molecule has 0 amide bonds. The highest BCUT2D eigenvalue weighted by molar-refractivity contribution is 9.10. The van der Waals surface area contributed by atoms with Crippen LogP contribution in [0.15, 0.2) is 28.9 Å². The molecular weight excluding hydrogens is 331 g/mol. The molecular formula is C14H13BrClFN2. The smallest absolute Gasteiger partial charge is 0.141 e. The predicted octanol–water partition coefficient (Wildman–Crippen LogP) is 5.00. The number of hydrogen-bond acceptors (Lipinski definition) is 2. The van der Waals surface area contributed by atoms with E-state index in [-0.39, 0.29) is 10.4 Å². The summed E-state index contributed by atoms with van der Waals surface area (Å²) in [6.07, 6.45) is 0. The van der Waals surface area contributed by atoms with Crippen molar-refractivity contribution in [3.05, 3.63) is 45.5 Å². The number of aromatic nitrogens is 2. The maximum absolute atomic E-state index is 13.2. The lowest BCUT2D eigenvalue weighted by Crippen LogP contribution is -2.16. The second kappa shape index (κ2) is 5.17. The molecule has 1 aromatic carbocycles. The van der Waals surface area contributed by atoms with E-state index in [2.05, 4.69) is 25.9 Å². The van der Waals surface area contributed by atoms with Gasteiger partial charge in [0, 0.05) is 11.0 Å². The van der Waals surface area contributed by atoms with Crippen molar-refractivity contribution in [2.24, 2.45) is 0 Å². The van der Waals surface area contributed by atoms with E-state index >= 15 is 0 Å². The van der Waals surface area contributed by atoms with Crippen LogP contribution in [0, 0.1) is 5.82 Å². The summed E-state index contributed by atoms with van der Waals surface area (Å²) in [5.74, 6) is 0.284. The second-order valence-corrected chi connectivity index (χ2v) is 6.50. The first-order valence-electron chi connectivity index (χ1n) is 5.78. The van der Waals surface area contributed by atoms with Gasteiger partial charge in [0.15, 0.2) is 0 Å². The summed E-state index contributed by atoms with van der Waals surface area (Å²) < 4.78 is 13.9. The molecule has 5 heteroatoms. The van der Waals surface area contributed by atoms with Crippen LogP contribution < -0.4 is 0 Å². The molecule has 0 spiro atoms. The lowest BCUT2D eigenvalue weighted by atomic mass is 9.95. The normalized spacial score (nSPS) is 11.7. The van der Waals surface area contributed by atoms with Crippen LogP contribution in [0.2, 0.25) is 5.02 Å². The van der Waals surface area contributed by atoms with Gasteiger partial charge in [0.2, 0.25) is 0 Å². The maximum atomic E-state index is 13.2. The summed E-state index contributed by atoms with van der Waals surface area (Å²) in [6, 6.07) is 6.35. The van der Waals surface area contributed by atoms with E-state index in [4.69, 9.17) is 11.6 Å². The zero-order chi connectivity index (χ0) is 14.2. The summed E-state index contributed by atoms with van der Waals surface area (Å²) in [4.78, 5) is 8.89. The topological polar surface area (TPSA) is 25.8 Å². The van der Waals surface area contributed by atoms with Gasteiger partial charge in [0.05, 0.1) is 10.7 Å². The van der Waals surface area contributed by atoms with Crippen molar-refractivity contribution in [2.75, 3.05) is 0 Å². The Morgan fingerprint density at radius 2 is 1.84 bits per heavy atom. The van der Waals surface area contributed by atoms with Gasteiger partial charge in [0.25, 0.3) is 0 Å². The monoisotopic (exact) mass is 342 g/mol. The van der Waals surface area contributed by atoms with Crippen molar-refractivity contribution in [1.82, 2.24) is 9.97 Å². The third-order valence-corrected chi connectivity index (χ3v) is 3.28. The standard InChI is InChI=1S/C14H13BrClFN2/c1-14(2,3)13-18-11(7-12(15)19-13)8-4-5-10(17)9(16)6-8/h4-7H,1-3H3. The van der Waals surface area contributed by atoms with Gasteiger partial charge in [-0.15, -0.1) is 0 Å². The molecule has 2 rings (SSSR count). The number of benzene rings is 1. The lowest BCUT2D eigenvalue weighted by Gasteiger charge is -2.17. The molecule has 0 bridgehead atoms. The maximum Gasteiger partial charge on any atom is 0.141 e. The van der Waals surface area contributed by atoms with Gasteiger partial charge in [0.1, 0.15) is 16.2 Å². The van der Waals surface area contributed by atoms with E-state index in [0.29, 0.717) is 10.3 Å². The molecule has 0 fully saturated rings. The molecule has 0 atom stereocenters. The first-order chi connectivity index (χ1) is 8.77. The Kier molecular flexibility index (Phi) is 3.92. The zero-order valence-corrected chi connectivity index (χ0v) is 13.2. The van der Waals surface area contributed by atoms with Crippen molar-refractivity contribution in [3.8, 4) is 11.3 Å². The van der Waals surface area contributed by atoms with Crippen LogP contribution in [-0.2, 0) is 5.41 Å². The van der Waals surface area contributed by atoms with Crippen molar-refractivity contribution in [1.29, 1.82) is 0 Å². The Morgan fingerprint density at radius 1 is 1.16 bits per heavy atom. The highest BCUT2D eigenvalue weighted by atomic mass is 79.9. The molecule has 2 nitrogen and oxygen atoms in total. The Hall–Kier alpha value is -1.00. The SMILES string of the molecule is CC(C)(C)c1nc(Br)cc(-c2ccc(F)c(Cl)c2)n1. The van der Waals surface area contributed by atoms with Crippen LogP contribution in [0.1, 0.15) is 26.6 Å². The molecule has 0 unspecified atom stereocenters. The van der Waals surface area contributed by atoms with Gasteiger partial charge >= 0.3 is 0 Å². The fraction of sp³-hybridized carbons (Fsp3) is 0.286. The summed E-state index contributed by atoms with van der Waals surface area (Å²) in [7, 11) is 0. The Morgan fingerprint density at radius 3 is 2.42 bits per heavy atom. The third-order valence-electron chi connectivity index (χ3n) is 2.58. The quantitative estimate of drug-likeness (QED) is 0.681. The van der Waals surface area contributed by atoms with E-state index in [1.807, 2.05) is 20.8 Å². The minimum absolute atomic E-state index is 0.0875. The average molecular weight is 344 g/mol. The Bertz CT molecular complexity index is 623. The van der Waals surface area contributed by atoms with Crippen LogP contribution in [0.4, 0.5) is 4.39 Å². The van der Waals surface area contributed by atoms with E-state index < -0.39 is 5.82 Å². The van der Waals surface area contributed by atoms with E-state index in [9.17, 15) is 4.39 Å². The molecule has 1 aromatic heterocycles. The first kappa shape index (κ1) is 14.4. The van der Waals surface area contributed by atoms with E-state index in [1.54, 1.807) is 18.2 Å². The van der Waals surface area contributed by atoms with Crippen molar-refractivity contribution in [2.45, 2.75) is 26.2 Å². The van der Waals surface area contributed by atoms with Crippen LogP contribution >= 0.6 is 27.5 Å². The van der Waals surface area contributed by atoms with Gasteiger partial charge in [-0.2, -0.15) is 0 Å². The number of hydrogen-bond donors (Lipinski definition) is 0. The molecule has 19 heavy (non-hydrogen) atoms. The fourth-order valence-electron chi connectivity index (χ4n) is 1.56. The summed E-state index contributed by atoms with van der Waals surface area (Å²) >= 11 is 9.18. The van der Waals surface area contributed by atoms with Gasteiger partial charge in [-0.25, -0.2) is 14.4 Å². The molecule has 0 saturated heterocycles. The molecule has 0 radical (unpaired) electrons. The molecule has 1 heterocycles. The van der Waals surface area contributed by atoms with Crippen LogP contribution in [0.3, 0.4) is 0 Å². The number of halogens is 3. The average Bonchev–Trinajstić information content (AvgIpc) is 2.31. The Balaban J connectivity index is 2.56. The summed E-state index contributed by atoms with van der Waals surface area (Å²) in [6.45, 7) is 6.11. The van der Waals surface area contributed by atoms with Crippen LogP contribution in [-0.4, -0.2) is 9.97 Å². The van der Waals surface area contributed by atoms with E-state index in [0.717, 1.165) is 11.4 Å². The number of rotatable bonds is 1. The lowest BCUT2D eigenvalue weighted by molar-refractivity contribution is 0.544. The summed E-state index contributed by atoms with van der Waals surface area (Å²) in [5.41, 5.74) is 1.32. The fourth-order valence-corrected chi connectivity index (χ4v) is 2.12. The minimum atomic E-state index is -0.436. The number of nitrogens with zero attached hydrogens (tertiary/aromatic N) is 2. The molecule has 2 aromatic rings. The highest BCUT2D eigenvalue weighted by Gasteiger charge is 2.19. The minimum Gasteiger partial charge on any atom is -0.232 e. The zero-order valence-electron chi connectivity index (χ0n) is 10.8. The van der Waals surface area contributed by atoms with Crippen molar-refractivity contribution < 1.29 is 4.39 Å². The molecule has 0 aliphatic rings. The van der Waals surface area contributed by atoms with Crippen LogP contribution in [0.5, 0.6) is 0 Å².